The van der Waals surface area contributed by atoms with Gasteiger partial charge >= 0.3 is 0 Å². The highest BCUT2D eigenvalue weighted by atomic mass is 16.5. The van der Waals surface area contributed by atoms with Gasteiger partial charge in [-0.1, -0.05) is 13.0 Å². The molecule has 0 saturated carbocycles. The van der Waals surface area contributed by atoms with Gasteiger partial charge in [0.05, 0.1) is 12.7 Å². The number of amides is 1. The van der Waals surface area contributed by atoms with E-state index in [4.69, 9.17) is 10.00 Å². The lowest BCUT2D eigenvalue weighted by Gasteiger charge is -2.08. The highest BCUT2D eigenvalue weighted by Crippen LogP contribution is 2.18. The van der Waals surface area contributed by atoms with Crippen LogP contribution in [0.15, 0.2) is 18.2 Å². The van der Waals surface area contributed by atoms with E-state index < -0.39 is 0 Å². The zero-order chi connectivity index (χ0) is 14.8. The van der Waals surface area contributed by atoms with E-state index in [0.29, 0.717) is 30.8 Å². The minimum Gasteiger partial charge on any atom is -0.495 e. The summed E-state index contributed by atoms with van der Waals surface area (Å²) in [4.78, 5) is 11.4. The maximum absolute atomic E-state index is 11.4. The van der Waals surface area contributed by atoms with Crippen LogP contribution >= 0.6 is 0 Å². The van der Waals surface area contributed by atoms with Crippen LogP contribution in [0.1, 0.15) is 30.9 Å². The molecule has 0 aliphatic carbocycles. The van der Waals surface area contributed by atoms with Crippen molar-refractivity contribution in [3.63, 3.8) is 0 Å². The van der Waals surface area contributed by atoms with Crippen molar-refractivity contribution in [1.82, 2.24) is 10.6 Å². The molecular weight excluding hydrogens is 254 g/mol. The van der Waals surface area contributed by atoms with E-state index in [0.717, 1.165) is 18.5 Å². The van der Waals surface area contributed by atoms with Crippen LogP contribution in [0.25, 0.3) is 0 Å². The van der Waals surface area contributed by atoms with Crippen LogP contribution in [-0.2, 0) is 11.3 Å². The van der Waals surface area contributed by atoms with E-state index in [2.05, 4.69) is 16.7 Å². The number of hydrogen-bond donors (Lipinski definition) is 2. The Morgan fingerprint density at radius 2 is 2.20 bits per heavy atom. The molecular formula is C15H21N3O2. The lowest BCUT2D eigenvalue weighted by Crippen LogP contribution is -2.28. The number of ether oxygens (including phenoxy) is 1. The molecule has 5 nitrogen and oxygen atoms in total. The number of methoxy groups -OCH3 is 1. The van der Waals surface area contributed by atoms with Gasteiger partial charge in [0.2, 0.25) is 5.91 Å². The SMILES string of the molecule is CCCNC(=O)CCNCc1ccc(OC)c(C#N)c1. The molecule has 1 aromatic rings. The van der Waals surface area contributed by atoms with Gasteiger partial charge in [-0.25, -0.2) is 0 Å². The number of nitrogens with zero attached hydrogens (tertiary/aromatic N) is 1. The summed E-state index contributed by atoms with van der Waals surface area (Å²) in [7, 11) is 1.54. The molecule has 5 heteroatoms. The molecule has 108 valence electrons. The number of rotatable bonds is 8. The first-order valence-electron chi connectivity index (χ1n) is 6.75. The molecule has 0 spiro atoms. The molecule has 20 heavy (non-hydrogen) atoms. The lowest BCUT2D eigenvalue weighted by molar-refractivity contribution is -0.120. The van der Waals surface area contributed by atoms with E-state index >= 15 is 0 Å². The van der Waals surface area contributed by atoms with E-state index in [9.17, 15) is 4.79 Å². The Morgan fingerprint density at radius 1 is 1.40 bits per heavy atom. The number of carbonyl (C=O) groups is 1. The zero-order valence-electron chi connectivity index (χ0n) is 12.0. The topological polar surface area (TPSA) is 74.2 Å². The Morgan fingerprint density at radius 3 is 2.85 bits per heavy atom. The van der Waals surface area contributed by atoms with Gasteiger partial charge in [-0.15, -0.1) is 0 Å². The highest BCUT2D eigenvalue weighted by Gasteiger charge is 2.04. The maximum Gasteiger partial charge on any atom is 0.221 e. The summed E-state index contributed by atoms with van der Waals surface area (Å²) in [5, 5.41) is 15.0. The average molecular weight is 275 g/mol. The van der Waals surface area contributed by atoms with Crippen LogP contribution < -0.4 is 15.4 Å². The maximum atomic E-state index is 11.4. The molecule has 0 saturated heterocycles. The second-order valence-electron chi connectivity index (χ2n) is 4.42. The standard InChI is InChI=1S/C15H21N3O2/c1-3-7-18-15(19)6-8-17-11-12-4-5-14(20-2)13(9-12)10-16/h4-5,9,17H,3,6-8,11H2,1-2H3,(H,18,19). The number of nitriles is 1. The first-order chi connectivity index (χ1) is 9.71. The Balaban J connectivity index is 2.36. The van der Waals surface area contributed by atoms with Crippen LogP contribution in [0.4, 0.5) is 0 Å². The third kappa shape index (κ3) is 5.29. The summed E-state index contributed by atoms with van der Waals surface area (Å²) < 4.78 is 5.09. The lowest BCUT2D eigenvalue weighted by atomic mass is 10.1. The highest BCUT2D eigenvalue weighted by molar-refractivity contribution is 5.75. The number of benzene rings is 1. The molecule has 2 N–H and O–H groups in total. The molecule has 0 heterocycles. The molecule has 1 rings (SSSR count). The summed E-state index contributed by atoms with van der Waals surface area (Å²) >= 11 is 0. The Bertz CT molecular complexity index is 480. The van der Waals surface area contributed by atoms with Gasteiger partial charge in [-0.05, 0) is 24.1 Å². The van der Waals surface area contributed by atoms with Crippen LogP contribution in [0.5, 0.6) is 5.75 Å². The number of nitrogens with one attached hydrogen (secondary N) is 2. The first kappa shape index (κ1) is 16.0. The fraction of sp³-hybridized carbons (Fsp3) is 0.467. The Hall–Kier alpha value is -2.06. The van der Waals surface area contributed by atoms with Crippen molar-refractivity contribution in [2.24, 2.45) is 0 Å². The molecule has 0 fully saturated rings. The Kier molecular flexibility index (Phi) is 7.15. The summed E-state index contributed by atoms with van der Waals surface area (Å²) in [6, 6.07) is 7.58. The Labute approximate surface area is 119 Å². The quantitative estimate of drug-likeness (QED) is 0.706. The molecule has 0 aliphatic rings. The monoisotopic (exact) mass is 275 g/mol. The normalized spacial score (nSPS) is 9.85. The fourth-order valence-corrected chi connectivity index (χ4v) is 1.74. The van der Waals surface area contributed by atoms with Crippen molar-refractivity contribution < 1.29 is 9.53 Å². The second kappa shape index (κ2) is 8.94. The first-order valence-corrected chi connectivity index (χ1v) is 6.75. The predicted octanol–water partition coefficient (Wildman–Crippen LogP) is 1.57. The van der Waals surface area contributed by atoms with Gasteiger partial charge in [-0.3, -0.25) is 4.79 Å². The van der Waals surface area contributed by atoms with Crippen molar-refractivity contribution in [1.29, 1.82) is 5.26 Å². The fourth-order valence-electron chi connectivity index (χ4n) is 1.74. The average Bonchev–Trinajstić information content (AvgIpc) is 2.49. The van der Waals surface area contributed by atoms with Crippen molar-refractivity contribution in [3.05, 3.63) is 29.3 Å². The van der Waals surface area contributed by atoms with E-state index in [1.807, 2.05) is 13.0 Å². The van der Waals surface area contributed by atoms with Crippen LogP contribution in [0.3, 0.4) is 0 Å². The largest absolute Gasteiger partial charge is 0.495 e. The van der Waals surface area contributed by atoms with Crippen molar-refractivity contribution in [2.75, 3.05) is 20.2 Å². The summed E-state index contributed by atoms with van der Waals surface area (Å²) in [5.41, 5.74) is 1.52. The molecule has 1 amide bonds. The van der Waals surface area contributed by atoms with Crippen LogP contribution in [-0.4, -0.2) is 26.1 Å². The third-order valence-corrected chi connectivity index (χ3v) is 2.81. The van der Waals surface area contributed by atoms with Crippen LogP contribution in [0.2, 0.25) is 0 Å². The predicted molar refractivity (Wildman–Crippen MR) is 77.3 cm³/mol. The molecule has 0 unspecified atom stereocenters. The van der Waals surface area contributed by atoms with E-state index in [-0.39, 0.29) is 5.91 Å². The smallest absolute Gasteiger partial charge is 0.221 e. The van der Waals surface area contributed by atoms with Gasteiger partial charge in [0, 0.05) is 26.1 Å². The van der Waals surface area contributed by atoms with Gasteiger partial charge in [0.25, 0.3) is 0 Å². The summed E-state index contributed by atoms with van der Waals surface area (Å²) in [6.07, 6.45) is 1.41. The van der Waals surface area contributed by atoms with Gasteiger partial charge in [-0.2, -0.15) is 5.26 Å². The summed E-state index contributed by atoms with van der Waals surface area (Å²) in [5.74, 6) is 0.641. The third-order valence-electron chi connectivity index (χ3n) is 2.81. The zero-order valence-corrected chi connectivity index (χ0v) is 12.0. The number of hydrogen-bond acceptors (Lipinski definition) is 4. The van der Waals surface area contributed by atoms with Crippen molar-refractivity contribution in [3.8, 4) is 11.8 Å². The minimum atomic E-state index is 0.0618. The molecule has 0 radical (unpaired) electrons. The van der Waals surface area contributed by atoms with Gasteiger partial charge < -0.3 is 15.4 Å². The molecule has 0 atom stereocenters. The van der Waals surface area contributed by atoms with Crippen LogP contribution in [0, 0.1) is 11.3 Å². The molecule has 1 aromatic carbocycles. The summed E-state index contributed by atoms with van der Waals surface area (Å²) in [6.45, 7) is 3.99. The van der Waals surface area contributed by atoms with Crippen molar-refractivity contribution in [2.45, 2.75) is 26.3 Å². The van der Waals surface area contributed by atoms with Gasteiger partial charge in [0.15, 0.2) is 0 Å². The van der Waals surface area contributed by atoms with Gasteiger partial charge in [0.1, 0.15) is 11.8 Å². The molecule has 0 bridgehead atoms. The minimum absolute atomic E-state index is 0.0618. The van der Waals surface area contributed by atoms with Crippen molar-refractivity contribution >= 4 is 5.91 Å². The number of carbonyl (C=O) groups excluding carboxylic acids is 1. The molecule has 0 aromatic heterocycles. The molecule has 0 aliphatic heterocycles. The van der Waals surface area contributed by atoms with E-state index in [1.54, 1.807) is 19.2 Å². The second-order valence-corrected chi connectivity index (χ2v) is 4.42. The van der Waals surface area contributed by atoms with E-state index in [1.165, 1.54) is 0 Å².